The molecule has 4 aromatic carbocycles. The van der Waals surface area contributed by atoms with Crippen LogP contribution in [0.5, 0.6) is 0 Å². The van der Waals surface area contributed by atoms with Crippen LogP contribution >= 0.6 is 27.3 Å². The van der Waals surface area contributed by atoms with Crippen molar-refractivity contribution in [1.29, 1.82) is 0 Å². The predicted octanol–water partition coefficient (Wildman–Crippen LogP) is 9.12. The number of aromatic nitrogens is 1. The number of rotatable bonds is 3. The number of hydrogen-bond acceptors (Lipinski definition) is 1. The van der Waals surface area contributed by atoms with Gasteiger partial charge < -0.3 is 4.57 Å². The molecule has 0 aliphatic rings. The summed E-state index contributed by atoms with van der Waals surface area (Å²) in [6.45, 7) is 6.29. The van der Waals surface area contributed by atoms with Gasteiger partial charge in [0.15, 0.2) is 0 Å². The smallest absolute Gasteiger partial charge is 0.0547 e. The van der Waals surface area contributed by atoms with Crippen molar-refractivity contribution in [3.05, 3.63) is 94.3 Å². The Labute approximate surface area is 193 Å². The highest BCUT2D eigenvalue weighted by Gasteiger charge is 2.16. The summed E-state index contributed by atoms with van der Waals surface area (Å²) in [5, 5.41) is 6.51. The average molecular weight is 482 g/mol. The standard InChI is InChI=1S/C28H20BrNS/c1-3-20-21-12-10-17-14-23-24-15-18(29)11-13-25(24)30(19-8-6-5-7-9-19)26(23)16-22(17)28(21)31-27(20)4-2/h4-16H,2-3H2,1H3. The van der Waals surface area contributed by atoms with Crippen LogP contribution in [0, 0.1) is 0 Å². The van der Waals surface area contributed by atoms with Crippen LogP contribution in [0.4, 0.5) is 0 Å². The summed E-state index contributed by atoms with van der Waals surface area (Å²) in [5.74, 6) is 0. The van der Waals surface area contributed by atoms with Gasteiger partial charge in [0.25, 0.3) is 0 Å². The van der Waals surface area contributed by atoms with Crippen LogP contribution in [0.15, 0.2) is 83.8 Å². The van der Waals surface area contributed by atoms with E-state index >= 15 is 0 Å². The molecule has 31 heavy (non-hydrogen) atoms. The van der Waals surface area contributed by atoms with Gasteiger partial charge in [0.1, 0.15) is 0 Å². The second kappa shape index (κ2) is 7.08. The minimum Gasteiger partial charge on any atom is -0.309 e. The zero-order valence-corrected chi connectivity index (χ0v) is 19.6. The molecule has 0 N–H and O–H groups in total. The normalized spacial score (nSPS) is 11.8. The molecular formula is C28H20BrNS. The van der Waals surface area contributed by atoms with Crippen molar-refractivity contribution in [2.75, 3.05) is 0 Å². The van der Waals surface area contributed by atoms with E-state index in [4.69, 9.17) is 0 Å². The minimum absolute atomic E-state index is 1.02. The maximum atomic E-state index is 4.06. The van der Waals surface area contributed by atoms with Gasteiger partial charge in [-0.2, -0.15) is 0 Å². The Hall–Kier alpha value is -2.88. The summed E-state index contributed by atoms with van der Waals surface area (Å²) in [6.07, 6.45) is 3.03. The van der Waals surface area contributed by atoms with Crippen LogP contribution in [0.1, 0.15) is 17.4 Å². The topological polar surface area (TPSA) is 4.93 Å². The number of nitrogens with zero attached hydrogens (tertiary/aromatic N) is 1. The third kappa shape index (κ3) is 2.73. The number of para-hydroxylation sites is 1. The van der Waals surface area contributed by atoms with E-state index in [0.717, 1.165) is 10.9 Å². The SMILES string of the molecule is C=Cc1sc2c(ccc3cc4c5cc(Br)ccc5n(-c5ccccc5)c4cc32)c1CC. The molecule has 0 atom stereocenters. The zero-order chi connectivity index (χ0) is 21.1. The molecule has 0 aliphatic carbocycles. The largest absolute Gasteiger partial charge is 0.309 e. The molecule has 0 aliphatic heterocycles. The first kappa shape index (κ1) is 18.9. The van der Waals surface area contributed by atoms with Crippen LogP contribution in [0.25, 0.3) is 54.4 Å². The molecular weight excluding hydrogens is 462 g/mol. The lowest BCUT2D eigenvalue weighted by molar-refractivity contribution is 1.17. The molecule has 3 heteroatoms. The van der Waals surface area contributed by atoms with Crippen LogP contribution in [-0.2, 0) is 6.42 Å². The maximum Gasteiger partial charge on any atom is 0.0547 e. The number of benzene rings is 4. The monoisotopic (exact) mass is 481 g/mol. The Bertz CT molecular complexity index is 1640. The van der Waals surface area contributed by atoms with Crippen molar-refractivity contribution in [3.63, 3.8) is 0 Å². The minimum atomic E-state index is 1.02. The van der Waals surface area contributed by atoms with E-state index < -0.39 is 0 Å². The molecule has 2 aromatic heterocycles. The molecule has 6 aromatic rings. The third-order valence-corrected chi connectivity index (χ3v) is 7.98. The predicted molar refractivity (Wildman–Crippen MR) is 141 cm³/mol. The fourth-order valence-electron chi connectivity index (χ4n) is 4.82. The zero-order valence-electron chi connectivity index (χ0n) is 17.2. The van der Waals surface area contributed by atoms with E-state index in [-0.39, 0.29) is 0 Å². The van der Waals surface area contributed by atoms with E-state index in [0.29, 0.717) is 0 Å². The summed E-state index contributed by atoms with van der Waals surface area (Å²) < 4.78 is 4.85. The lowest BCUT2D eigenvalue weighted by atomic mass is 10.0. The maximum absolute atomic E-state index is 4.06. The molecule has 0 amide bonds. The van der Waals surface area contributed by atoms with Gasteiger partial charge in [-0.05, 0) is 65.2 Å². The van der Waals surface area contributed by atoms with Crippen LogP contribution in [0.2, 0.25) is 0 Å². The highest BCUT2D eigenvalue weighted by molar-refractivity contribution is 9.10. The van der Waals surface area contributed by atoms with Gasteiger partial charge in [-0.15, -0.1) is 11.3 Å². The first-order valence-corrected chi connectivity index (χ1v) is 12.1. The third-order valence-electron chi connectivity index (χ3n) is 6.21. The highest BCUT2D eigenvalue weighted by Crippen LogP contribution is 2.41. The Kier molecular flexibility index (Phi) is 4.31. The van der Waals surface area contributed by atoms with Crippen molar-refractivity contribution in [1.82, 2.24) is 4.57 Å². The molecule has 2 heterocycles. The number of aryl methyl sites for hydroxylation is 1. The van der Waals surface area contributed by atoms with Crippen LogP contribution < -0.4 is 0 Å². The summed E-state index contributed by atoms with van der Waals surface area (Å²) in [4.78, 5) is 1.29. The van der Waals surface area contributed by atoms with Crippen LogP contribution in [0.3, 0.4) is 0 Å². The molecule has 0 radical (unpaired) electrons. The number of halogens is 1. The molecule has 1 nitrogen and oxygen atoms in total. The van der Waals surface area contributed by atoms with E-state index in [1.54, 1.807) is 0 Å². The second-order valence-corrected chi connectivity index (χ2v) is 9.84. The van der Waals surface area contributed by atoms with Crippen molar-refractivity contribution in [2.24, 2.45) is 0 Å². The van der Waals surface area contributed by atoms with Crippen molar-refractivity contribution in [3.8, 4) is 5.69 Å². The fourth-order valence-corrected chi connectivity index (χ4v) is 6.45. The van der Waals surface area contributed by atoms with E-state index in [1.807, 2.05) is 17.4 Å². The molecule has 0 bridgehead atoms. The Balaban J connectivity index is 1.82. The quantitative estimate of drug-likeness (QED) is 0.237. The van der Waals surface area contributed by atoms with Gasteiger partial charge in [0.2, 0.25) is 0 Å². The van der Waals surface area contributed by atoms with E-state index in [2.05, 4.69) is 107 Å². The lowest BCUT2D eigenvalue weighted by Gasteiger charge is -2.08. The number of fused-ring (bicyclic) bond motifs is 6. The van der Waals surface area contributed by atoms with Gasteiger partial charge >= 0.3 is 0 Å². The van der Waals surface area contributed by atoms with E-state index in [1.165, 1.54) is 58.8 Å². The molecule has 150 valence electrons. The summed E-state index contributed by atoms with van der Waals surface area (Å²) in [6, 6.07) is 26.5. The van der Waals surface area contributed by atoms with Gasteiger partial charge in [-0.3, -0.25) is 0 Å². The number of hydrogen-bond donors (Lipinski definition) is 0. The van der Waals surface area contributed by atoms with Crippen molar-refractivity contribution < 1.29 is 0 Å². The molecule has 0 saturated carbocycles. The Morgan fingerprint density at radius 3 is 2.45 bits per heavy atom. The van der Waals surface area contributed by atoms with Crippen LogP contribution in [-0.4, -0.2) is 4.57 Å². The molecule has 0 fully saturated rings. The van der Waals surface area contributed by atoms with E-state index in [9.17, 15) is 0 Å². The highest BCUT2D eigenvalue weighted by atomic mass is 79.9. The first-order chi connectivity index (χ1) is 15.2. The summed E-state index contributed by atoms with van der Waals surface area (Å²) in [5.41, 5.74) is 5.06. The molecule has 6 rings (SSSR count). The summed E-state index contributed by atoms with van der Waals surface area (Å²) in [7, 11) is 0. The molecule has 0 spiro atoms. The summed E-state index contributed by atoms with van der Waals surface area (Å²) >= 11 is 5.54. The van der Waals surface area contributed by atoms with Gasteiger partial charge in [-0.1, -0.05) is 65.8 Å². The van der Waals surface area contributed by atoms with Gasteiger partial charge in [0, 0.05) is 35.9 Å². The lowest BCUT2D eigenvalue weighted by Crippen LogP contribution is -1.93. The Morgan fingerprint density at radius 2 is 1.68 bits per heavy atom. The van der Waals surface area contributed by atoms with Gasteiger partial charge in [-0.25, -0.2) is 0 Å². The fraction of sp³-hybridized carbons (Fsp3) is 0.0714. The molecule has 0 saturated heterocycles. The Morgan fingerprint density at radius 1 is 0.871 bits per heavy atom. The number of thiophene rings is 1. The van der Waals surface area contributed by atoms with Crippen molar-refractivity contribution >= 4 is 76.0 Å². The second-order valence-electron chi connectivity index (χ2n) is 7.87. The first-order valence-electron chi connectivity index (χ1n) is 10.5. The average Bonchev–Trinajstić information content (AvgIpc) is 3.33. The molecule has 0 unspecified atom stereocenters. The van der Waals surface area contributed by atoms with Crippen molar-refractivity contribution in [2.45, 2.75) is 13.3 Å². The van der Waals surface area contributed by atoms with Gasteiger partial charge in [0.05, 0.1) is 11.0 Å².